The van der Waals surface area contributed by atoms with Crippen LogP contribution in [0.4, 0.5) is 5.69 Å². The Morgan fingerprint density at radius 2 is 2.00 bits per heavy atom. The first-order valence-corrected chi connectivity index (χ1v) is 10.1. The predicted octanol–water partition coefficient (Wildman–Crippen LogP) is 4.51. The second-order valence-corrected chi connectivity index (χ2v) is 7.48. The van der Waals surface area contributed by atoms with Gasteiger partial charge in [0.1, 0.15) is 0 Å². The summed E-state index contributed by atoms with van der Waals surface area (Å²) in [6.07, 6.45) is 1.56. The third-order valence-electron chi connectivity index (χ3n) is 4.13. The first-order chi connectivity index (χ1) is 13.5. The molecular formula is C21H23N3O3S. The van der Waals surface area contributed by atoms with E-state index in [1.807, 2.05) is 31.2 Å². The Morgan fingerprint density at radius 1 is 1.25 bits per heavy atom. The lowest BCUT2D eigenvalue weighted by Crippen LogP contribution is -2.23. The zero-order chi connectivity index (χ0) is 20.1. The van der Waals surface area contributed by atoms with Crippen LogP contribution in [0.5, 0.6) is 11.5 Å². The number of ether oxygens (including phenoxy) is 1. The van der Waals surface area contributed by atoms with E-state index in [4.69, 9.17) is 4.74 Å². The van der Waals surface area contributed by atoms with Crippen molar-refractivity contribution in [3.05, 3.63) is 53.6 Å². The van der Waals surface area contributed by atoms with E-state index in [1.54, 1.807) is 18.3 Å². The fourth-order valence-electron chi connectivity index (χ4n) is 2.60. The molecule has 146 valence electrons. The molecule has 6 nitrogen and oxygen atoms in total. The predicted molar refractivity (Wildman–Crippen MR) is 114 cm³/mol. The quantitative estimate of drug-likeness (QED) is 0.728. The molecule has 3 rings (SSSR count). The maximum atomic E-state index is 12.2. The van der Waals surface area contributed by atoms with Gasteiger partial charge in [-0.3, -0.25) is 4.79 Å². The van der Waals surface area contributed by atoms with Crippen LogP contribution in [-0.2, 0) is 4.79 Å². The molecule has 0 aromatic heterocycles. The minimum absolute atomic E-state index is 0.0684. The van der Waals surface area contributed by atoms with Crippen molar-refractivity contribution in [1.82, 2.24) is 5.01 Å². The van der Waals surface area contributed by atoms with Crippen LogP contribution in [0.15, 0.2) is 52.6 Å². The number of nitrogens with zero attached hydrogens (tertiary/aromatic N) is 3. The van der Waals surface area contributed by atoms with Gasteiger partial charge in [-0.2, -0.15) is 10.1 Å². The summed E-state index contributed by atoms with van der Waals surface area (Å²) in [5.74, 6) is 1.09. The zero-order valence-electron chi connectivity index (χ0n) is 16.1. The lowest BCUT2D eigenvalue weighted by atomic mass is 10.0. The Kier molecular flexibility index (Phi) is 6.36. The van der Waals surface area contributed by atoms with Gasteiger partial charge in [0.25, 0.3) is 5.91 Å². The molecule has 0 spiro atoms. The van der Waals surface area contributed by atoms with E-state index in [0.29, 0.717) is 34.8 Å². The third kappa shape index (κ3) is 4.72. The first kappa shape index (κ1) is 19.9. The fourth-order valence-corrected chi connectivity index (χ4v) is 3.42. The minimum Gasteiger partial charge on any atom is -0.504 e. The molecular weight excluding hydrogens is 374 g/mol. The molecule has 0 unspecified atom stereocenters. The number of aromatic hydroxyl groups is 1. The molecule has 1 saturated heterocycles. The maximum absolute atomic E-state index is 12.2. The second-order valence-electron chi connectivity index (χ2n) is 6.54. The smallest absolute Gasteiger partial charge is 0.259 e. The van der Waals surface area contributed by atoms with Crippen molar-refractivity contribution in [1.29, 1.82) is 0 Å². The van der Waals surface area contributed by atoms with Crippen molar-refractivity contribution in [2.45, 2.75) is 26.7 Å². The van der Waals surface area contributed by atoms with Crippen molar-refractivity contribution < 1.29 is 14.6 Å². The van der Waals surface area contributed by atoms with Crippen LogP contribution in [-0.4, -0.2) is 39.8 Å². The molecule has 1 N–H and O–H groups in total. The summed E-state index contributed by atoms with van der Waals surface area (Å²) in [6.45, 7) is 6.57. The average Bonchev–Trinajstić information content (AvgIpc) is 3.02. The number of carbonyl (C=O) groups excluding carboxylic acids is 1. The standard InChI is InChI=1S/C21H23N3O3S/c1-4-27-19-11-15(5-10-18(19)25)12-22-24-20(26)13-28-21(24)23-17-8-6-16(7-9-17)14(2)3/h5-12,14,25H,4,13H2,1-3H3/b22-12+,23-21?. The topological polar surface area (TPSA) is 74.5 Å². The number of amidine groups is 1. The number of rotatable bonds is 6. The fraction of sp³-hybridized carbons (Fsp3) is 0.286. The minimum atomic E-state index is -0.123. The molecule has 2 aromatic carbocycles. The largest absolute Gasteiger partial charge is 0.504 e. The Balaban J connectivity index is 1.80. The lowest BCUT2D eigenvalue weighted by molar-refractivity contribution is -0.124. The van der Waals surface area contributed by atoms with Crippen LogP contribution in [0.3, 0.4) is 0 Å². The van der Waals surface area contributed by atoms with Gasteiger partial charge in [-0.25, -0.2) is 4.99 Å². The van der Waals surface area contributed by atoms with Crippen LogP contribution in [0, 0.1) is 0 Å². The van der Waals surface area contributed by atoms with Gasteiger partial charge in [0.2, 0.25) is 0 Å². The van der Waals surface area contributed by atoms with Crippen molar-refractivity contribution in [3.63, 3.8) is 0 Å². The Hall–Kier alpha value is -2.80. The van der Waals surface area contributed by atoms with Gasteiger partial charge in [-0.15, -0.1) is 0 Å². The molecule has 0 bridgehead atoms. The summed E-state index contributed by atoms with van der Waals surface area (Å²) in [7, 11) is 0. The van der Waals surface area contributed by atoms with Crippen LogP contribution in [0.25, 0.3) is 0 Å². The van der Waals surface area contributed by atoms with Gasteiger partial charge in [0, 0.05) is 0 Å². The number of benzene rings is 2. The lowest BCUT2D eigenvalue weighted by Gasteiger charge is -2.10. The van der Waals surface area contributed by atoms with Gasteiger partial charge >= 0.3 is 0 Å². The van der Waals surface area contributed by atoms with Crippen LogP contribution >= 0.6 is 11.8 Å². The molecule has 0 saturated carbocycles. The average molecular weight is 398 g/mol. The van der Waals surface area contributed by atoms with Gasteiger partial charge in [0.05, 0.1) is 24.3 Å². The molecule has 0 atom stereocenters. The van der Waals surface area contributed by atoms with E-state index in [0.717, 1.165) is 5.69 Å². The van der Waals surface area contributed by atoms with Crippen molar-refractivity contribution in [2.75, 3.05) is 12.4 Å². The molecule has 1 aliphatic heterocycles. The third-order valence-corrected chi connectivity index (χ3v) is 5.05. The highest BCUT2D eigenvalue weighted by molar-refractivity contribution is 8.15. The Bertz CT molecular complexity index is 908. The summed E-state index contributed by atoms with van der Waals surface area (Å²) in [5.41, 5.74) is 2.74. The summed E-state index contributed by atoms with van der Waals surface area (Å²) < 4.78 is 5.38. The molecule has 7 heteroatoms. The number of hydrazone groups is 1. The Labute approximate surface area is 168 Å². The number of amides is 1. The van der Waals surface area contributed by atoms with Crippen LogP contribution in [0.1, 0.15) is 37.8 Å². The molecule has 1 aliphatic rings. The van der Waals surface area contributed by atoms with E-state index in [9.17, 15) is 9.90 Å². The highest BCUT2D eigenvalue weighted by Gasteiger charge is 2.28. The van der Waals surface area contributed by atoms with Gasteiger partial charge < -0.3 is 9.84 Å². The van der Waals surface area contributed by atoms with E-state index in [1.165, 1.54) is 28.4 Å². The normalized spacial score (nSPS) is 15.9. The zero-order valence-corrected chi connectivity index (χ0v) is 16.9. The SMILES string of the molecule is CCOc1cc(/C=N/N2C(=O)CSC2=Nc2ccc(C(C)C)cc2)ccc1O. The van der Waals surface area contributed by atoms with Crippen molar-refractivity contribution >= 4 is 34.7 Å². The number of phenolic OH excluding ortho intramolecular Hbond substituents is 1. The van der Waals surface area contributed by atoms with E-state index >= 15 is 0 Å². The summed E-state index contributed by atoms with van der Waals surface area (Å²) in [5, 5.41) is 15.9. The van der Waals surface area contributed by atoms with Gasteiger partial charge in [-0.05, 0) is 54.3 Å². The summed E-state index contributed by atoms with van der Waals surface area (Å²) in [6, 6.07) is 12.9. The molecule has 0 aliphatic carbocycles. The summed E-state index contributed by atoms with van der Waals surface area (Å²) >= 11 is 1.36. The summed E-state index contributed by atoms with van der Waals surface area (Å²) in [4.78, 5) is 16.8. The number of carbonyl (C=O) groups is 1. The second kappa shape index (κ2) is 8.93. The molecule has 2 aromatic rings. The van der Waals surface area contributed by atoms with Crippen LogP contribution in [0.2, 0.25) is 0 Å². The number of aliphatic imine (C=N–C) groups is 1. The van der Waals surface area contributed by atoms with E-state index < -0.39 is 0 Å². The van der Waals surface area contributed by atoms with E-state index in [-0.39, 0.29) is 11.7 Å². The monoisotopic (exact) mass is 397 g/mol. The maximum Gasteiger partial charge on any atom is 0.259 e. The molecule has 28 heavy (non-hydrogen) atoms. The molecule has 1 heterocycles. The number of thioether (sulfide) groups is 1. The number of hydrogen-bond donors (Lipinski definition) is 1. The highest BCUT2D eigenvalue weighted by Crippen LogP contribution is 2.27. The Morgan fingerprint density at radius 3 is 2.68 bits per heavy atom. The molecule has 1 fully saturated rings. The number of hydrogen-bond acceptors (Lipinski definition) is 6. The van der Waals surface area contributed by atoms with Gasteiger partial charge in [0.15, 0.2) is 16.7 Å². The van der Waals surface area contributed by atoms with E-state index in [2.05, 4.69) is 23.9 Å². The van der Waals surface area contributed by atoms with Crippen molar-refractivity contribution in [2.24, 2.45) is 10.1 Å². The highest BCUT2D eigenvalue weighted by atomic mass is 32.2. The van der Waals surface area contributed by atoms with Crippen LogP contribution < -0.4 is 4.74 Å². The number of phenols is 1. The molecule has 0 radical (unpaired) electrons. The first-order valence-electron chi connectivity index (χ1n) is 9.12. The molecule has 1 amide bonds. The van der Waals surface area contributed by atoms with Crippen molar-refractivity contribution in [3.8, 4) is 11.5 Å². The van der Waals surface area contributed by atoms with Gasteiger partial charge in [-0.1, -0.05) is 37.7 Å².